The molecule has 0 radical (unpaired) electrons. The minimum Gasteiger partial charge on any atom is -0.394 e. The first-order chi connectivity index (χ1) is 9.68. The molecule has 1 aliphatic rings. The predicted octanol–water partition coefficient (Wildman–Crippen LogP) is 2.63. The van der Waals surface area contributed by atoms with E-state index in [1.54, 1.807) is 6.07 Å². The molecule has 0 spiro atoms. The van der Waals surface area contributed by atoms with Gasteiger partial charge in [-0.1, -0.05) is 29.3 Å². The number of halogens is 3. The standard InChI is InChI=1S/C14H19Cl2NO3.ClH/c15-12-2-1-11(9-13(12)16)14(10-19-8-6-18)3-4-17-5-7-20-14;/h1-2,9,17-18H,3-8,10H2;1H/t14-;/m1./s1. The number of ether oxygens (including phenoxy) is 2. The molecule has 1 aromatic carbocycles. The van der Waals surface area contributed by atoms with Crippen molar-refractivity contribution in [3.63, 3.8) is 0 Å². The molecular weight excluding hydrogens is 337 g/mol. The maximum Gasteiger partial charge on any atom is 0.118 e. The molecule has 120 valence electrons. The van der Waals surface area contributed by atoms with Crippen molar-refractivity contribution in [2.75, 3.05) is 39.5 Å². The Balaban J connectivity index is 0.00000220. The Kier molecular flexibility index (Phi) is 8.27. The summed E-state index contributed by atoms with van der Waals surface area (Å²) < 4.78 is 11.6. The maximum absolute atomic E-state index is 8.87. The zero-order chi connectivity index (χ0) is 14.4. The fourth-order valence-electron chi connectivity index (χ4n) is 2.31. The molecule has 7 heteroatoms. The van der Waals surface area contributed by atoms with Gasteiger partial charge in [-0.3, -0.25) is 0 Å². The highest BCUT2D eigenvalue weighted by atomic mass is 35.5. The van der Waals surface area contributed by atoms with Crippen LogP contribution in [0.5, 0.6) is 0 Å². The largest absolute Gasteiger partial charge is 0.394 e. The summed E-state index contributed by atoms with van der Waals surface area (Å²) in [5.41, 5.74) is 0.404. The lowest BCUT2D eigenvalue weighted by Gasteiger charge is -2.33. The smallest absolute Gasteiger partial charge is 0.118 e. The molecule has 0 saturated carbocycles. The van der Waals surface area contributed by atoms with Crippen LogP contribution in [-0.2, 0) is 15.1 Å². The van der Waals surface area contributed by atoms with Gasteiger partial charge in [-0.25, -0.2) is 0 Å². The Labute approximate surface area is 141 Å². The van der Waals surface area contributed by atoms with E-state index in [-0.39, 0.29) is 19.0 Å². The van der Waals surface area contributed by atoms with Crippen molar-refractivity contribution in [3.8, 4) is 0 Å². The summed E-state index contributed by atoms with van der Waals surface area (Å²) in [5.74, 6) is 0. The summed E-state index contributed by atoms with van der Waals surface area (Å²) in [4.78, 5) is 0. The van der Waals surface area contributed by atoms with Crippen LogP contribution >= 0.6 is 35.6 Å². The van der Waals surface area contributed by atoms with E-state index in [0.29, 0.717) is 29.9 Å². The van der Waals surface area contributed by atoms with Gasteiger partial charge in [0.05, 0.1) is 36.5 Å². The summed E-state index contributed by atoms with van der Waals surface area (Å²) >= 11 is 12.1. The van der Waals surface area contributed by atoms with E-state index in [9.17, 15) is 0 Å². The Morgan fingerprint density at radius 2 is 2.10 bits per heavy atom. The van der Waals surface area contributed by atoms with Gasteiger partial charge >= 0.3 is 0 Å². The van der Waals surface area contributed by atoms with E-state index in [1.807, 2.05) is 12.1 Å². The van der Waals surface area contributed by atoms with Gasteiger partial charge in [-0.05, 0) is 30.7 Å². The lowest BCUT2D eigenvalue weighted by molar-refractivity contribution is -0.102. The molecule has 21 heavy (non-hydrogen) atoms. The molecule has 4 nitrogen and oxygen atoms in total. The van der Waals surface area contributed by atoms with E-state index < -0.39 is 5.60 Å². The number of hydrogen-bond donors (Lipinski definition) is 2. The Morgan fingerprint density at radius 1 is 1.29 bits per heavy atom. The van der Waals surface area contributed by atoms with Crippen LogP contribution in [0.4, 0.5) is 0 Å². The van der Waals surface area contributed by atoms with Crippen molar-refractivity contribution in [2.24, 2.45) is 0 Å². The van der Waals surface area contributed by atoms with Gasteiger partial charge in [0.1, 0.15) is 5.60 Å². The van der Waals surface area contributed by atoms with Crippen molar-refractivity contribution in [1.29, 1.82) is 0 Å². The minimum atomic E-state index is -0.549. The van der Waals surface area contributed by atoms with Crippen LogP contribution in [0.15, 0.2) is 18.2 Å². The zero-order valence-corrected chi connectivity index (χ0v) is 13.9. The average Bonchev–Trinajstić information content (AvgIpc) is 2.69. The van der Waals surface area contributed by atoms with Crippen LogP contribution < -0.4 is 5.32 Å². The third-order valence-electron chi connectivity index (χ3n) is 3.38. The number of nitrogens with one attached hydrogen (secondary N) is 1. The van der Waals surface area contributed by atoms with E-state index in [4.69, 9.17) is 37.8 Å². The molecule has 2 N–H and O–H groups in total. The predicted molar refractivity (Wildman–Crippen MR) is 86.7 cm³/mol. The molecule has 1 aliphatic heterocycles. The van der Waals surface area contributed by atoms with Crippen LogP contribution in [0.3, 0.4) is 0 Å². The number of hydrogen-bond acceptors (Lipinski definition) is 4. The molecule has 2 rings (SSSR count). The molecule has 0 aromatic heterocycles. The van der Waals surface area contributed by atoms with Gasteiger partial charge in [0.15, 0.2) is 0 Å². The van der Waals surface area contributed by atoms with Crippen LogP contribution in [0, 0.1) is 0 Å². The molecule has 0 amide bonds. The molecule has 1 aromatic rings. The lowest BCUT2D eigenvalue weighted by atomic mass is 9.91. The average molecular weight is 357 g/mol. The van der Waals surface area contributed by atoms with Crippen molar-refractivity contribution in [2.45, 2.75) is 12.0 Å². The zero-order valence-electron chi connectivity index (χ0n) is 11.6. The van der Waals surface area contributed by atoms with Crippen molar-refractivity contribution in [1.82, 2.24) is 5.32 Å². The highest BCUT2D eigenvalue weighted by Gasteiger charge is 2.35. The summed E-state index contributed by atoms with van der Waals surface area (Å²) in [6, 6.07) is 5.52. The lowest BCUT2D eigenvalue weighted by Crippen LogP contribution is -2.36. The van der Waals surface area contributed by atoms with Gasteiger partial charge in [0.2, 0.25) is 0 Å². The molecule has 1 saturated heterocycles. The molecule has 1 atom stereocenters. The van der Waals surface area contributed by atoms with E-state index in [0.717, 1.165) is 25.1 Å². The van der Waals surface area contributed by atoms with Crippen LogP contribution in [0.1, 0.15) is 12.0 Å². The maximum atomic E-state index is 8.87. The molecule has 1 fully saturated rings. The highest BCUT2D eigenvalue weighted by molar-refractivity contribution is 6.42. The van der Waals surface area contributed by atoms with Gasteiger partial charge in [-0.2, -0.15) is 0 Å². The summed E-state index contributed by atoms with van der Waals surface area (Å²) in [6.45, 7) is 2.91. The first-order valence-electron chi connectivity index (χ1n) is 6.67. The topological polar surface area (TPSA) is 50.7 Å². The SMILES string of the molecule is Cl.OCCOC[C@@]1(c2ccc(Cl)c(Cl)c2)CCNCCO1. The second-order valence-corrected chi connectivity index (χ2v) is 5.56. The first-order valence-corrected chi connectivity index (χ1v) is 7.42. The molecule has 0 unspecified atom stereocenters. The fourth-order valence-corrected chi connectivity index (χ4v) is 2.61. The van der Waals surface area contributed by atoms with E-state index in [2.05, 4.69) is 5.32 Å². The van der Waals surface area contributed by atoms with Gasteiger partial charge in [-0.15, -0.1) is 12.4 Å². The van der Waals surface area contributed by atoms with E-state index in [1.165, 1.54) is 0 Å². The number of benzene rings is 1. The Morgan fingerprint density at radius 3 is 2.81 bits per heavy atom. The Hall–Kier alpha value is -0.0700. The van der Waals surface area contributed by atoms with Crippen molar-refractivity contribution in [3.05, 3.63) is 33.8 Å². The van der Waals surface area contributed by atoms with Gasteiger partial charge < -0.3 is 19.9 Å². The second kappa shape index (κ2) is 9.16. The summed E-state index contributed by atoms with van der Waals surface area (Å²) in [6.07, 6.45) is 0.774. The first kappa shape index (κ1) is 19.0. The molecule has 1 heterocycles. The fraction of sp³-hybridized carbons (Fsp3) is 0.571. The van der Waals surface area contributed by atoms with E-state index >= 15 is 0 Å². The number of aliphatic hydroxyl groups excluding tert-OH is 1. The highest BCUT2D eigenvalue weighted by Crippen LogP contribution is 2.34. The quantitative estimate of drug-likeness (QED) is 0.796. The Bertz CT molecular complexity index is 437. The number of aliphatic hydroxyl groups is 1. The van der Waals surface area contributed by atoms with Crippen LogP contribution in [0.25, 0.3) is 0 Å². The normalized spacial score (nSPS) is 22.4. The van der Waals surface area contributed by atoms with Gasteiger partial charge in [0.25, 0.3) is 0 Å². The van der Waals surface area contributed by atoms with Crippen LogP contribution in [0.2, 0.25) is 10.0 Å². The number of rotatable bonds is 5. The summed E-state index contributed by atoms with van der Waals surface area (Å²) in [7, 11) is 0. The third kappa shape index (κ3) is 4.96. The summed E-state index contributed by atoms with van der Waals surface area (Å²) in [5, 5.41) is 13.2. The monoisotopic (exact) mass is 355 g/mol. The van der Waals surface area contributed by atoms with Crippen molar-refractivity contribution >= 4 is 35.6 Å². The third-order valence-corrected chi connectivity index (χ3v) is 4.12. The van der Waals surface area contributed by atoms with Crippen LogP contribution in [-0.4, -0.2) is 44.6 Å². The second-order valence-electron chi connectivity index (χ2n) is 4.75. The minimum absolute atomic E-state index is 0. The van der Waals surface area contributed by atoms with Crippen molar-refractivity contribution < 1.29 is 14.6 Å². The van der Waals surface area contributed by atoms with Gasteiger partial charge in [0, 0.05) is 6.54 Å². The molecular formula is C14H20Cl3NO3. The molecule has 0 bridgehead atoms. The molecule has 0 aliphatic carbocycles.